The maximum absolute atomic E-state index is 5.93. The van der Waals surface area contributed by atoms with Crippen LogP contribution in [-0.4, -0.2) is 15.0 Å². The largest absolute Gasteiger partial charge is 0.381 e. The highest BCUT2D eigenvalue weighted by molar-refractivity contribution is 5.38. The maximum Gasteiger partial charge on any atom is 0.169 e. The Morgan fingerprint density at radius 1 is 1.25 bits per heavy atom. The Labute approximate surface area is 96.2 Å². The van der Waals surface area contributed by atoms with Crippen molar-refractivity contribution in [1.29, 1.82) is 0 Å². The van der Waals surface area contributed by atoms with E-state index in [1.54, 1.807) is 0 Å². The van der Waals surface area contributed by atoms with Gasteiger partial charge in [-0.2, -0.15) is 0 Å². The molecule has 0 aliphatic heterocycles. The van der Waals surface area contributed by atoms with Crippen LogP contribution >= 0.6 is 0 Å². The van der Waals surface area contributed by atoms with Crippen molar-refractivity contribution in [1.82, 2.24) is 15.0 Å². The highest BCUT2D eigenvalue weighted by Gasteiger charge is 2.33. The predicted octanol–water partition coefficient (Wildman–Crippen LogP) is 2.49. The third-order valence-electron chi connectivity index (χ3n) is 3.98. The van der Waals surface area contributed by atoms with Crippen molar-refractivity contribution in [2.24, 2.45) is 5.92 Å². The van der Waals surface area contributed by atoms with Gasteiger partial charge in [-0.15, -0.1) is 5.10 Å². The van der Waals surface area contributed by atoms with Crippen molar-refractivity contribution in [2.75, 3.05) is 5.73 Å². The second-order valence-electron chi connectivity index (χ2n) is 5.50. The van der Waals surface area contributed by atoms with Crippen molar-refractivity contribution >= 4 is 5.82 Å². The normalized spacial score (nSPS) is 30.6. The minimum atomic E-state index is 0.546. The summed E-state index contributed by atoms with van der Waals surface area (Å²) in [5.41, 5.74) is 7.15. The number of rotatable bonds is 2. The zero-order valence-corrected chi connectivity index (χ0v) is 9.89. The van der Waals surface area contributed by atoms with Crippen LogP contribution in [0.2, 0.25) is 0 Å². The third kappa shape index (κ3) is 1.70. The summed E-state index contributed by atoms with van der Waals surface area (Å²) in [6, 6.07) is 0.546. The highest BCUT2D eigenvalue weighted by Crippen LogP contribution is 2.44. The molecule has 1 heterocycles. The molecule has 3 rings (SSSR count). The molecule has 16 heavy (non-hydrogen) atoms. The molecule has 1 aromatic rings. The zero-order chi connectivity index (χ0) is 11.1. The van der Waals surface area contributed by atoms with Crippen molar-refractivity contribution in [3.05, 3.63) is 5.69 Å². The van der Waals surface area contributed by atoms with Crippen LogP contribution in [-0.2, 0) is 0 Å². The summed E-state index contributed by atoms with van der Waals surface area (Å²) in [5.74, 6) is 2.13. The predicted molar refractivity (Wildman–Crippen MR) is 63.1 cm³/mol. The first kappa shape index (κ1) is 10.1. The lowest BCUT2D eigenvalue weighted by Gasteiger charge is -2.27. The van der Waals surface area contributed by atoms with E-state index in [2.05, 4.69) is 21.9 Å². The van der Waals surface area contributed by atoms with Crippen LogP contribution in [0.1, 0.15) is 63.1 Å². The van der Waals surface area contributed by atoms with Gasteiger partial charge in [-0.3, -0.25) is 0 Å². The Bertz CT molecular complexity index is 380. The van der Waals surface area contributed by atoms with Gasteiger partial charge in [0.05, 0.1) is 11.7 Å². The van der Waals surface area contributed by atoms with Crippen molar-refractivity contribution in [3.63, 3.8) is 0 Å². The summed E-state index contributed by atoms with van der Waals surface area (Å²) in [6.07, 6.45) is 7.68. The van der Waals surface area contributed by atoms with E-state index in [0.717, 1.165) is 5.92 Å². The molecule has 88 valence electrons. The molecular formula is C12H20N4. The molecular weight excluding hydrogens is 200 g/mol. The van der Waals surface area contributed by atoms with Gasteiger partial charge in [-0.1, -0.05) is 25.0 Å². The van der Waals surface area contributed by atoms with E-state index in [4.69, 9.17) is 5.73 Å². The van der Waals surface area contributed by atoms with Crippen molar-refractivity contribution in [3.8, 4) is 0 Å². The lowest BCUT2D eigenvalue weighted by atomic mass is 9.87. The zero-order valence-electron chi connectivity index (χ0n) is 9.89. The fraction of sp³-hybridized carbons (Fsp3) is 0.833. The van der Waals surface area contributed by atoms with Gasteiger partial charge in [0.25, 0.3) is 0 Å². The van der Waals surface area contributed by atoms with E-state index in [9.17, 15) is 0 Å². The molecule has 0 radical (unpaired) electrons. The van der Waals surface area contributed by atoms with E-state index >= 15 is 0 Å². The monoisotopic (exact) mass is 220 g/mol. The van der Waals surface area contributed by atoms with Gasteiger partial charge in [0.2, 0.25) is 0 Å². The number of hydrogen-bond acceptors (Lipinski definition) is 3. The second kappa shape index (κ2) is 3.75. The Morgan fingerprint density at radius 2 is 2.06 bits per heavy atom. The number of nitrogen functional groups attached to an aromatic ring is 1. The van der Waals surface area contributed by atoms with Gasteiger partial charge in [0.1, 0.15) is 0 Å². The Balaban J connectivity index is 1.87. The van der Waals surface area contributed by atoms with Gasteiger partial charge in [-0.25, -0.2) is 4.68 Å². The SMILES string of the molecule is CC1CCCC(n2nnc(N)c2C2CC2)C1. The molecule has 2 aliphatic rings. The molecule has 0 amide bonds. The number of aromatic nitrogens is 3. The molecule has 0 spiro atoms. The fourth-order valence-electron chi connectivity index (χ4n) is 2.96. The minimum Gasteiger partial charge on any atom is -0.381 e. The summed E-state index contributed by atoms with van der Waals surface area (Å²) >= 11 is 0. The topological polar surface area (TPSA) is 56.7 Å². The maximum atomic E-state index is 5.93. The molecule has 2 unspecified atom stereocenters. The Morgan fingerprint density at radius 3 is 2.75 bits per heavy atom. The average molecular weight is 220 g/mol. The summed E-state index contributed by atoms with van der Waals surface area (Å²) in [5, 5.41) is 8.35. The van der Waals surface area contributed by atoms with E-state index in [-0.39, 0.29) is 0 Å². The van der Waals surface area contributed by atoms with Gasteiger partial charge < -0.3 is 5.73 Å². The standard InChI is InChI=1S/C12H20N4/c1-8-3-2-4-10(7-8)16-11(9-5-6-9)12(13)14-15-16/h8-10H,2-7,13H2,1H3. The van der Waals surface area contributed by atoms with Crippen LogP contribution < -0.4 is 5.73 Å². The number of anilines is 1. The summed E-state index contributed by atoms with van der Waals surface area (Å²) in [6.45, 7) is 2.34. The molecule has 0 aromatic carbocycles. The molecule has 2 atom stereocenters. The number of hydrogen-bond donors (Lipinski definition) is 1. The van der Waals surface area contributed by atoms with Crippen molar-refractivity contribution in [2.45, 2.75) is 57.4 Å². The minimum absolute atomic E-state index is 0.546. The summed E-state index contributed by atoms with van der Waals surface area (Å²) in [7, 11) is 0. The van der Waals surface area contributed by atoms with Gasteiger partial charge in [-0.05, 0) is 31.6 Å². The van der Waals surface area contributed by atoms with E-state index < -0.39 is 0 Å². The summed E-state index contributed by atoms with van der Waals surface area (Å²) in [4.78, 5) is 0. The summed E-state index contributed by atoms with van der Waals surface area (Å²) < 4.78 is 2.14. The molecule has 2 aliphatic carbocycles. The lowest BCUT2D eigenvalue weighted by Crippen LogP contribution is -2.20. The number of nitrogens with zero attached hydrogens (tertiary/aromatic N) is 3. The smallest absolute Gasteiger partial charge is 0.169 e. The highest BCUT2D eigenvalue weighted by atomic mass is 15.5. The molecule has 2 fully saturated rings. The first-order valence-corrected chi connectivity index (χ1v) is 6.46. The molecule has 2 saturated carbocycles. The first-order chi connectivity index (χ1) is 7.75. The Hall–Kier alpha value is -1.06. The fourth-order valence-corrected chi connectivity index (χ4v) is 2.96. The van der Waals surface area contributed by atoms with Crippen LogP contribution in [0, 0.1) is 5.92 Å². The van der Waals surface area contributed by atoms with E-state index in [1.807, 2.05) is 0 Å². The Kier molecular flexibility index (Phi) is 2.37. The van der Waals surface area contributed by atoms with Crippen LogP contribution in [0.25, 0.3) is 0 Å². The third-order valence-corrected chi connectivity index (χ3v) is 3.98. The van der Waals surface area contributed by atoms with Crippen LogP contribution in [0.3, 0.4) is 0 Å². The molecule has 4 heteroatoms. The van der Waals surface area contributed by atoms with Gasteiger partial charge in [0.15, 0.2) is 5.82 Å². The average Bonchev–Trinajstić information content (AvgIpc) is 3.02. The quantitative estimate of drug-likeness (QED) is 0.833. The van der Waals surface area contributed by atoms with E-state index in [1.165, 1.54) is 44.2 Å². The molecule has 0 bridgehead atoms. The second-order valence-corrected chi connectivity index (χ2v) is 5.50. The number of nitrogens with two attached hydrogens (primary N) is 1. The van der Waals surface area contributed by atoms with Crippen LogP contribution in [0.5, 0.6) is 0 Å². The molecule has 0 saturated heterocycles. The van der Waals surface area contributed by atoms with Crippen molar-refractivity contribution < 1.29 is 0 Å². The van der Waals surface area contributed by atoms with Gasteiger partial charge >= 0.3 is 0 Å². The van der Waals surface area contributed by atoms with Crippen LogP contribution in [0.4, 0.5) is 5.82 Å². The van der Waals surface area contributed by atoms with Gasteiger partial charge in [0, 0.05) is 5.92 Å². The van der Waals surface area contributed by atoms with E-state index in [0.29, 0.717) is 17.8 Å². The molecule has 2 N–H and O–H groups in total. The first-order valence-electron chi connectivity index (χ1n) is 6.46. The molecule has 1 aromatic heterocycles. The van der Waals surface area contributed by atoms with Crippen LogP contribution in [0.15, 0.2) is 0 Å². The lowest BCUT2D eigenvalue weighted by molar-refractivity contribution is 0.259. The molecule has 4 nitrogen and oxygen atoms in total.